The van der Waals surface area contributed by atoms with Gasteiger partial charge < -0.3 is 4.90 Å². The molecule has 0 aliphatic carbocycles. The van der Waals surface area contributed by atoms with Crippen LogP contribution in [0.3, 0.4) is 0 Å². The average molecular weight is 774 g/mol. The monoisotopic (exact) mass is 773 g/mol. The van der Waals surface area contributed by atoms with Crippen molar-refractivity contribution in [3.8, 4) is 33.4 Å². The molecule has 8 rings (SSSR count). The van der Waals surface area contributed by atoms with Gasteiger partial charge in [0.15, 0.2) is 0 Å². The van der Waals surface area contributed by atoms with Gasteiger partial charge in [0.2, 0.25) is 0 Å². The van der Waals surface area contributed by atoms with Gasteiger partial charge in [-0.05, 0) is 178 Å². The Hall–Kier alpha value is -5.57. The van der Waals surface area contributed by atoms with Crippen LogP contribution in [0.25, 0.3) is 54.9 Å². The summed E-state index contributed by atoms with van der Waals surface area (Å²) in [4.78, 5) is 3.69. The maximum atomic E-state index is 2.48. The van der Waals surface area contributed by atoms with E-state index in [1.165, 1.54) is 113 Å². The average Bonchev–Trinajstić information content (AvgIpc) is 3.26. The van der Waals surface area contributed by atoms with Gasteiger partial charge in [-0.25, -0.2) is 0 Å². The highest BCUT2D eigenvalue weighted by atomic mass is 32.2. The van der Waals surface area contributed by atoms with Crippen molar-refractivity contribution in [1.29, 1.82) is 0 Å². The lowest BCUT2D eigenvalue weighted by Crippen LogP contribution is -2.10. The Balaban J connectivity index is 1.44. The number of thioether (sulfide) groups is 1. The highest BCUT2D eigenvalue weighted by Gasteiger charge is 2.23. The van der Waals surface area contributed by atoms with E-state index < -0.39 is 0 Å². The summed E-state index contributed by atoms with van der Waals surface area (Å²) in [6, 6.07) is 57.1. The first kappa shape index (κ1) is 39.3. The number of benzene rings is 8. The molecule has 0 unspecified atom stereocenters. The molecule has 0 aromatic heterocycles. The van der Waals surface area contributed by atoms with E-state index in [0.717, 1.165) is 29.9 Å². The van der Waals surface area contributed by atoms with Gasteiger partial charge in [0, 0.05) is 22.0 Å². The summed E-state index contributed by atoms with van der Waals surface area (Å²) in [5.41, 5.74) is 18.1. The molecule has 58 heavy (non-hydrogen) atoms. The molecule has 0 radical (unpaired) electrons. The second kappa shape index (κ2) is 17.5. The zero-order valence-electron chi connectivity index (χ0n) is 35.0. The van der Waals surface area contributed by atoms with E-state index in [9.17, 15) is 0 Å². The van der Waals surface area contributed by atoms with Gasteiger partial charge in [-0.3, -0.25) is 0 Å². The van der Waals surface area contributed by atoms with Gasteiger partial charge in [0.05, 0.1) is 0 Å². The van der Waals surface area contributed by atoms with E-state index >= 15 is 0 Å². The third-order valence-corrected chi connectivity index (χ3v) is 12.9. The van der Waals surface area contributed by atoms with Crippen LogP contribution in [-0.4, -0.2) is 6.26 Å². The summed E-state index contributed by atoms with van der Waals surface area (Å²) in [6.07, 6.45) is 9.10. The van der Waals surface area contributed by atoms with Crippen LogP contribution in [0.15, 0.2) is 157 Å². The predicted octanol–water partition coefficient (Wildman–Crippen LogP) is 16.8. The fraction of sp³-hybridized carbons (Fsp3) is 0.214. The van der Waals surface area contributed by atoms with E-state index in [1.54, 1.807) is 11.8 Å². The van der Waals surface area contributed by atoms with Crippen LogP contribution in [0.2, 0.25) is 0 Å². The highest BCUT2D eigenvalue weighted by molar-refractivity contribution is 7.98. The summed E-state index contributed by atoms with van der Waals surface area (Å²) in [7, 11) is 0. The van der Waals surface area contributed by atoms with E-state index in [-0.39, 0.29) is 0 Å². The van der Waals surface area contributed by atoms with E-state index in [2.05, 4.69) is 197 Å². The first-order chi connectivity index (χ1) is 28.4. The summed E-state index contributed by atoms with van der Waals surface area (Å²) in [5.74, 6) is 0. The zero-order valence-corrected chi connectivity index (χ0v) is 35.8. The third-order valence-electron chi connectivity index (χ3n) is 12.1. The summed E-state index contributed by atoms with van der Waals surface area (Å²) in [5, 5.41) is 5.21. The Labute approximate surface area is 350 Å². The molecule has 0 aliphatic rings. The van der Waals surface area contributed by atoms with E-state index in [4.69, 9.17) is 0 Å². The Morgan fingerprint density at radius 3 is 1.50 bits per heavy atom. The van der Waals surface area contributed by atoms with Gasteiger partial charge in [0.25, 0.3) is 0 Å². The lowest BCUT2D eigenvalue weighted by atomic mass is 9.82. The molecule has 8 aromatic rings. The third kappa shape index (κ3) is 7.71. The molecular formula is C56H55NS. The largest absolute Gasteiger partial charge is 0.310 e. The van der Waals surface area contributed by atoms with Gasteiger partial charge in [-0.15, -0.1) is 11.8 Å². The molecule has 0 fully saturated rings. The second-order valence-electron chi connectivity index (χ2n) is 15.9. The zero-order chi connectivity index (χ0) is 40.2. The van der Waals surface area contributed by atoms with Crippen molar-refractivity contribution in [1.82, 2.24) is 0 Å². The fourth-order valence-electron chi connectivity index (χ4n) is 8.85. The molecular weight excluding hydrogens is 719 g/mol. The van der Waals surface area contributed by atoms with Gasteiger partial charge >= 0.3 is 0 Å². The number of rotatable bonds is 13. The molecule has 0 heterocycles. The topological polar surface area (TPSA) is 3.24 Å². The Morgan fingerprint density at radius 1 is 0.448 bits per heavy atom. The Bertz CT molecular complexity index is 2690. The van der Waals surface area contributed by atoms with Crippen LogP contribution >= 0.6 is 11.8 Å². The van der Waals surface area contributed by atoms with Crippen molar-refractivity contribution in [3.05, 3.63) is 179 Å². The number of hydrogen-bond acceptors (Lipinski definition) is 2. The highest BCUT2D eigenvalue weighted by Crippen LogP contribution is 2.48. The van der Waals surface area contributed by atoms with Gasteiger partial charge in [0.1, 0.15) is 0 Å². The van der Waals surface area contributed by atoms with Crippen molar-refractivity contribution in [2.24, 2.45) is 0 Å². The van der Waals surface area contributed by atoms with Crippen LogP contribution in [0.1, 0.15) is 67.3 Å². The molecule has 0 saturated carbocycles. The van der Waals surface area contributed by atoms with Crippen molar-refractivity contribution in [2.45, 2.75) is 78.0 Å². The smallest absolute Gasteiger partial charge is 0.0468 e. The minimum Gasteiger partial charge on any atom is -0.310 e. The molecule has 2 heteroatoms. The summed E-state index contributed by atoms with van der Waals surface area (Å²) >= 11 is 1.78. The lowest BCUT2D eigenvalue weighted by molar-refractivity contribution is 0.791. The molecule has 0 saturated heterocycles. The van der Waals surface area contributed by atoms with Gasteiger partial charge in [-0.2, -0.15) is 0 Å². The molecule has 0 aliphatic heterocycles. The molecule has 0 N–H and O–H groups in total. The molecule has 0 spiro atoms. The summed E-state index contributed by atoms with van der Waals surface area (Å²) < 4.78 is 0. The van der Waals surface area contributed by atoms with Crippen LogP contribution in [-0.2, 0) is 12.8 Å². The van der Waals surface area contributed by atoms with Crippen molar-refractivity contribution in [2.75, 3.05) is 11.2 Å². The first-order valence-corrected chi connectivity index (χ1v) is 22.4. The molecule has 0 amide bonds. The van der Waals surface area contributed by atoms with Crippen molar-refractivity contribution < 1.29 is 0 Å². The lowest BCUT2D eigenvalue weighted by Gasteiger charge is -2.28. The number of fused-ring (bicyclic) bond motifs is 2. The predicted molar refractivity (Wildman–Crippen MR) is 256 cm³/mol. The molecule has 290 valence electrons. The van der Waals surface area contributed by atoms with Crippen molar-refractivity contribution in [3.63, 3.8) is 0 Å². The normalized spacial score (nSPS) is 11.4. The second-order valence-corrected chi connectivity index (χ2v) is 16.7. The number of aryl methyl sites for hydroxylation is 3. The summed E-state index contributed by atoms with van der Waals surface area (Å²) in [6.45, 7) is 11.5. The maximum Gasteiger partial charge on any atom is 0.0468 e. The Morgan fingerprint density at radius 2 is 0.948 bits per heavy atom. The quantitative estimate of drug-likeness (QED) is 0.0848. The SMILES string of the molecule is CCCCc1cccc(-c2c3ccc(N(c4ccc(SC)cc4)c4ccc(-c5ccccc5)cc4)cc3c(-c3cccc(CCCC)c3C)c3ccc(C)cc23)c1C. The molecule has 8 aromatic carbocycles. The molecule has 0 atom stereocenters. The number of nitrogens with zero attached hydrogens (tertiary/aromatic N) is 1. The van der Waals surface area contributed by atoms with Crippen LogP contribution in [0.4, 0.5) is 17.1 Å². The minimum absolute atomic E-state index is 1.09. The number of hydrogen-bond donors (Lipinski definition) is 0. The maximum absolute atomic E-state index is 2.48. The Kier molecular flexibility index (Phi) is 11.9. The van der Waals surface area contributed by atoms with Crippen molar-refractivity contribution >= 4 is 50.4 Å². The van der Waals surface area contributed by atoms with Crippen LogP contribution in [0.5, 0.6) is 0 Å². The molecule has 1 nitrogen and oxygen atoms in total. The number of anilines is 3. The van der Waals surface area contributed by atoms with E-state index in [0.29, 0.717) is 0 Å². The first-order valence-electron chi connectivity index (χ1n) is 21.2. The van der Waals surface area contributed by atoms with Crippen LogP contribution < -0.4 is 4.90 Å². The molecule has 0 bridgehead atoms. The fourth-order valence-corrected chi connectivity index (χ4v) is 9.25. The van der Waals surface area contributed by atoms with E-state index in [1.807, 2.05) is 0 Å². The van der Waals surface area contributed by atoms with Gasteiger partial charge in [-0.1, -0.05) is 135 Å². The number of unbranched alkanes of at least 4 members (excludes halogenated alkanes) is 2. The van der Waals surface area contributed by atoms with Crippen LogP contribution in [0, 0.1) is 20.8 Å². The standard InChI is InChI=1S/C56H55NS/c1-7-9-16-41-20-14-22-49(39(41)4)55-52-35-31-47(57(46-29-32-48(58-6)33-30-46)45-27-25-44(26-28-45)43-18-12-11-13-19-43)37-54(52)56(51-34-24-38(3)36-53(51)55)50-23-15-21-42(40(50)5)17-10-8-2/h11-15,18-37H,7-10,16-17H2,1-6H3. The minimum atomic E-state index is 1.09.